The number of aliphatic hydroxyl groups is 1. The van der Waals surface area contributed by atoms with E-state index in [0.29, 0.717) is 42.1 Å². The Kier molecular flexibility index (Phi) is 6.34. The predicted molar refractivity (Wildman–Crippen MR) is 137 cm³/mol. The molecule has 5 rings (SSSR count). The number of hydrogen-bond donors (Lipinski definition) is 4. The summed E-state index contributed by atoms with van der Waals surface area (Å²) in [6, 6.07) is 3.81. The summed E-state index contributed by atoms with van der Waals surface area (Å²) < 4.78 is 0.858. The molecule has 182 valence electrons. The summed E-state index contributed by atoms with van der Waals surface area (Å²) in [4.78, 5) is 24.0. The number of oxime groups is 1. The number of nitrogens with one attached hydrogen (secondary N) is 2. The van der Waals surface area contributed by atoms with E-state index in [2.05, 4.69) is 56.0 Å². The molecule has 1 heterocycles. The molecule has 0 unspecified atom stereocenters. The minimum absolute atomic E-state index is 0.0786. The van der Waals surface area contributed by atoms with Crippen molar-refractivity contribution in [2.24, 2.45) is 22.4 Å². The molecule has 3 aliphatic rings. The van der Waals surface area contributed by atoms with Crippen molar-refractivity contribution in [3.63, 3.8) is 0 Å². The van der Waals surface area contributed by atoms with Crippen molar-refractivity contribution in [1.82, 2.24) is 9.97 Å². The third-order valence-corrected chi connectivity index (χ3v) is 8.83. The minimum Gasteiger partial charge on any atom is -0.506 e. The lowest BCUT2D eigenvalue weighted by atomic mass is 9.55. The number of hydrogen-bond acceptors (Lipinski definition) is 7. The zero-order chi connectivity index (χ0) is 24.0. The largest absolute Gasteiger partial charge is 0.506 e. The topological polar surface area (TPSA) is 120 Å². The number of rotatable bonds is 5. The Morgan fingerprint density at radius 3 is 2.94 bits per heavy atom. The minimum atomic E-state index is -0.461. The molecule has 0 spiro atoms. The van der Waals surface area contributed by atoms with Crippen LogP contribution in [-0.4, -0.2) is 44.5 Å². The van der Waals surface area contributed by atoms with Gasteiger partial charge in [-0.2, -0.15) is 0 Å². The van der Waals surface area contributed by atoms with Gasteiger partial charge in [0.1, 0.15) is 5.75 Å². The number of aromatic amines is 1. The fourth-order valence-electron chi connectivity index (χ4n) is 6.56. The first-order valence-corrected chi connectivity index (χ1v) is 13.1. The van der Waals surface area contributed by atoms with E-state index in [0.717, 1.165) is 52.8 Å². The normalized spacial score (nSPS) is 31.0. The van der Waals surface area contributed by atoms with Crippen molar-refractivity contribution in [2.45, 2.75) is 64.4 Å². The van der Waals surface area contributed by atoms with E-state index in [4.69, 9.17) is 4.84 Å². The second-order valence-electron chi connectivity index (χ2n) is 10.2. The highest BCUT2D eigenvalue weighted by Crippen LogP contribution is 2.61. The first kappa shape index (κ1) is 23.6. The number of anilines is 1. The Morgan fingerprint density at radius 1 is 1.38 bits per heavy atom. The lowest BCUT2D eigenvalue weighted by molar-refractivity contribution is -0.140. The maximum Gasteiger partial charge on any atom is 0.331 e. The molecule has 0 saturated heterocycles. The van der Waals surface area contributed by atoms with Gasteiger partial charge < -0.3 is 25.4 Å². The highest BCUT2D eigenvalue weighted by molar-refractivity contribution is 14.1. The molecular formula is C25H31IN4O4. The molecule has 0 bridgehead atoms. The Balaban J connectivity index is 1.46. The molecule has 2 fully saturated rings. The third-order valence-electron chi connectivity index (χ3n) is 8.29. The van der Waals surface area contributed by atoms with Gasteiger partial charge in [0.25, 0.3) is 0 Å². The molecule has 2 saturated carbocycles. The summed E-state index contributed by atoms with van der Waals surface area (Å²) in [7, 11) is 0. The van der Waals surface area contributed by atoms with E-state index in [-0.39, 0.29) is 17.3 Å². The van der Waals surface area contributed by atoms with E-state index < -0.39 is 5.97 Å². The Bertz CT molecular complexity index is 1130. The zero-order valence-electron chi connectivity index (χ0n) is 19.5. The van der Waals surface area contributed by atoms with Crippen LogP contribution in [0, 0.1) is 21.1 Å². The molecular weight excluding hydrogens is 545 g/mol. The number of phenols is 1. The van der Waals surface area contributed by atoms with Crippen molar-refractivity contribution in [3.05, 3.63) is 39.0 Å². The molecule has 9 heteroatoms. The van der Waals surface area contributed by atoms with E-state index in [1.165, 1.54) is 6.92 Å². The van der Waals surface area contributed by atoms with Crippen LogP contribution < -0.4 is 5.32 Å². The number of imidazole rings is 1. The lowest BCUT2D eigenvalue weighted by Gasteiger charge is -2.50. The van der Waals surface area contributed by atoms with Gasteiger partial charge in [-0.15, -0.1) is 0 Å². The molecule has 4 N–H and O–H groups in total. The first-order chi connectivity index (χ1) is 16.3. The second kappa shape index (κ2) is 9.14. The van der Waals surface area contributed by atoms with Gasteiger partial charge in [0, 0.05) is 37.3 Å². The summed E-state index contributed by atoms with van der Waals surface area (Å²) in [5.74, 6) is 0.734. The molecule has 0 amide bonds. The molecule has 8 nitrogen and oxygen atoms in total. The Morgan fingerprint density at radius 2 is 2.21 bits per heavy atom. The molecule has 5 atom stereocenters. The van der Waals surface area contributed by atoms with Crippen LogP contribution >= 0.6 is 22.6 Å². The Hall–Kier alpha value is -2.14. The maximum atomic E-state index is 11.5. The number of aliphatic hydroxyl groups excluding tert-OH is 1. The number of H-pyrrole nitrogens is 1. The average Bonchev–Trinajstić information content (AvgIpc) is 3.34. The quantitative estimate of drug-likeness (QED) is 0.182. The van der Waals surface area contributed by atoms with Crippen LogP contribution in [0.15, 0.2) is 23.5 Å². The number of benzene rings is 1. The van der Waals surface area contributed by atoms with E-state index in [1.54, 1.807) is 6.07 Å². The number of aromatic nitrogens is 2. The van der Waals surface area contributed by atoms with Gasteiger partial charge in [0.15, 0.2) is 3.83 Å². The molecule has 3 aliphatic carbocycles. The van der Waals surface area contributed by atoms with E-state index in [1.807, 2.05) is 6.20 Å². The lowest BCUT2D eigenvalue weighted by Crippen LogP contribution is -2.45. The summed E-state index contributed by atoms with van der Waals surface area (Å²) in [5.41, 5.74) is 4.35. The molecule has 1 aromatic heterocycles. The van der Waals surface area contributed by atoms with Crippen molar-refractivity contribution in [1.29, 1.82) is 0 Å². The van der Waals surface area contributed by atoms with Crippen LogP contribution in [0.4, 0.5) is 5.69 Å². The van der Waals surface area contributed by atoms with Gasteiger partial charge in [-0.05, 0) is 95.6 Å². The van der Waals surface area contributed by atoms with Crippen molar-refractivity contribution in [3.8, 4) is 5.75 Å². The molecule has 0 radical (unpaired) electrons. The van der Waals surface area contributed by atoms with Gasteiger partial charge in [0.2, 0.25) is 0 Å². The van der Waals surface area contributed by atoms with Crippen molar-refractivity contribution < 1.29 is 19.8 Å². The van der Waals surface area contributed by atoms with E-state index >= 15 is 0 Å². The highest BCUT2D eigenvalue weighted by atomic mass is 125. The number of nitrogens with zero attached hydrogens (tertiary/aromatic N) is 2. The van der Waals surface area contributed by atoms with Gasteiger partial charge in [-0.3, -0.25) is 0 Å². The fourth-order valence-corrected chi connectivity index (χ4v) is 7.05. The van der Waals surface area contributed by atoms with Crippen LogP contribution in [0.3, 0.4) is 0 Å². The Labute approximate surface area is 212 Å². The first-order valence-electron chi connectivity index (χ1n) is 12.0. The van der Waals surface area contributed by atoms with Crippen LogP contribution in [0.25, 0.3) is 0 Å². The second-order valence-corrected chi connectivity index (χ2v) is 11.2. The predicted octanol–water partition coefficient (Wildman–Crippen LogP) is 4.32. The maximum absolute atomic E-state index is 11.5. The highest BCUT2D eigenvalue weighted by Gasteiger charge is 2.55. The molecule has 34 heavy (non-hydrogen) atoms. The van der Waals surface area contributed by atoms with Gasteiger partial charge in [-0.25, -0.2) is 9.78 Å². The van der Waals surface area contributed by atoms with Gasteiger partial charge in [-0.1, -0.05) is 12.1 Å². The third kappa shape index (κ3) is 4.21. The van der Waals surface area contributed by atoms with Gasteiger partial charge in [0.05, 0.1) is 17.5 Å². The zero-order valence-corrected chi connectivity index (χ0v) is 21.6. The molecule has 0 aliphatic heterocycles. The van der Waals surface area contributed by atoms with Crippen LogP contribution in [0.1, 0.15) is 68.7 Å². The summed E-state index contributed by atoms with van der Waals surface area (Å²) in [6.45, 7) is 4.22. The number of fused-ring (bicyclic) bond motifs is 5. The number of halogens is 1. The SMILES string of the molecule is CC(=O)O/N=C1/C[C@@H]2[C@H](CC[C@]3(C)[C@@H](O)CC[C@@H]23)c2cc(NCCc3cnc([125I])[nH]3)c(O)cc21. The van der Waals surface area contributed by atoms with Gasteiger partial charge >= 0.3 is 5.97 Å². The fraction of sp³-hybridized carbons (Fsp3) is 0.560. The van der Waals surface area contributed by atoms with Crippen LogP contribution in [-0.2, 0) is 16.1 Å². The van der Waals surface area contributed by atoms with Crippen molar-refractivity contribution in [2.75, 3.05) is 11.9 Å². The number of phenolic OH excluding ortho intramolecular Hbond substituents is 1. The number of carbonyl (C=O) groups is 1. The van der Waals surface area contributed by atoms with Crippen LogP contribution in [0.2, 0.25) is 0 Å². The average molecular weight is 576 g/mol. The molecule has 2 aromatic rings. The van der Waals surface area contributed by atoms with E-state index in [9.17, 15) is 15.0 Å². The molecule has 1 aromatic carbocycles. The monoisotopic (exact) mass is 576 g/mol. The van der Waals surface area contributed by atoms with Crippen LogP contribution in [0.5, 0.6) is 5.75 Å². The summed E-state index contributed by atoms with van der Waals surface area (Å²) in [6.07, 6.45) is 6.81. The summed E-state index contributed by atoms with van der Waals surface area (Å²) in [5, 5.41) is 29.1. The van der Waals surface area contributed by atoms with Crippen molar-refractivity contribution >= 4 is 40.0 Å². The smallest absolute Gasteiger partial charge is 0.331 e. The standard InChI is InChI=1S/C25H31IN4O4/c1-13(31)34-30-20-10-17-15(5-7-25(2)19(17)3-4-23(25)33)16-9-21(22(32)11-18(16)20)27-8-6-14-12-28-24(26)29-14/h9,11-12,15,17,19,23,27,32-33H,3-8,10H2,1-2H3,(H,28,29)/b30-20-/t15-,17-,19+,23+,25+/m1/s1/i26-2. The number of carbonyl (C=O) groups excluding carboxylic acids is 1. The summed E-state index contributed by atoms with van der Waals surface area (Å²) >= 11 is 2.15. The number of aromatic hydroxyl groups is 1.